The lowest BCUT2D eigenvalue weighted by Gasteiger charge is -2.12. The van der Waals surface area contributed by atoms with Gasteiger partial charge in [-0.3, -0.25) is 0 Å². The lowest BCUT2D eigenvalue weighted by Crippen LogP contribution is -2.11. The fraction of sp³-hybridized carbons (Fsp3) is 0. The summed E-state index contributed by atoms with van der Waals surface area (Å²) in [5, 5.41) is 3.89. The quantitative estimate of drug-likeness (QED) is 0.808. The van der Waals surface area contributed by atoms with Crippen LogP contribution in [0.3, 0.4) is 0 Å². The molecule has 0 amide bonds. The molecule has 2 nitrogen and oxygen atoms in total. The minimum atomic E-state index is 0.334. The van der Waals surface area contributed by atoms with Crippen LogP contribution in [0, 0.1) is 0 Å². The van der Waals surface area contributed by atoms with Crippen molar-refractivity contribution in [3.63, 3.8) is 0 Å². The molecule has 0 aliphatic heterocycles. The highest BCUT2D eigenvalue weighted by Crippen LogP contribution is 2.29. The number of nitrogens with one attached hydrogen (secondary N) is 1. The molecule has 0 saturated heterocycles. The summed E-state index contributed by atoms with van der Waals surface area (Å²) in [4.78, 5) is 0.334. The highest BCUT2D eigenvalue weighted by Gasteiger charge is 2.07. The molecule has 0 radical (unpaired) electrons. The molecule has 2 aromatic carbocycles. The van der Waals surface area contributed by atoms with Crippen LogP contribution < -0.4 is 11.1 Å². The first kappa shape index (κ1) is 13.3. The molecule has 92 valence electrons. The largest absolute Gasteiger partial charge is 0.389 e. The third-order valence-corrected chi connectivity index (χ3v) is 3.54. The third-order valence-electron chi connectivity index (χ3n) is 2.39. The van der Waals surface area contributed by atoms with E-state index < -0.39 is 0 Å². The lowest BCUT2D eigenvalue weighted by atomic mass is 10.1. The number of benzene rings is 2. The molecule has 2 rings (SSSR count). The molecule has 0 aliphatic rings. The zero-order chi connectivity index (χ0) is 13.1. The van der Waals surface area contributed by atoms with Gasteiger partial charge in [0.2, 0.25) is 0 Å². The maximum atomic E-state index is 5.99. The first-order chi connectivity index (χ1) is 8.58. The Kier molecular flexibility index (Phi) is 4.22. The fourth-order valence-electron chi connectivity index (χ4n) is 1.54. The molecule has 0 fully saturated rings. The predicted molar refractivity (Wildman–Crippen MR) is 84.8 cm³/mol. The number of halogens is 2. The van der Waals surface area contributed by atoms with Crippen LogP contribution in [0.25, 0.3) is 0 Å². The molecule has 0 aliphatic carbocycles. The predicted octanol–water partition coefficient (Wildman–Crippen LogP) is 4.48. The van der Waals surface area contributed by atoms with Crippen LogP contribution in [0.2, 0.25) is 5.02 Å². The van der Waals surface area contributed by atoms with Crippen molar-refractivity contribution < 1.29 is 0 Å². The van der Waals surface area contributed by atoms with Crippen molar-refractivity contribution >= 4 is 56.1 Å². The van der Waals surface area contributed by atoms with Gasteiger partial charge in [0.15, 0.2) is 0 Å². The Labute approximate surface area is 124 Å². The number of para-hydroxylation sites is 1. The summed E-state index contributed by atoms with van der Waals surface area (Å²) in [6, 6.07) is 13.2. The first-order valence-corrected chi connectivity index (χ1v) is 6.77. The Morgan fingerprint density at radius 3 is 2.56 bits per heavy atom. The summed E-state index contributed by atoms with van der Waals surface area (Å²) in [6.45, 7) is 0. The zero-order valence-electron chi connectivity index (χ0n) is 9.28. The van der Waals surface area contributed by atoms with E-state index in [0.717, 1.165) is 21.4 Å². The van der Waals surface area contributed by atoms with Gasteiger partial charge >= 0.3 is 0 Å². The molecule has 0 saturated carbocycles. The van der Waals surface area contributed by atoms with Crippen LogP contribution in [0.1, 0.15) is 5.56 Å². The van der Waals surface area contributed by atoms with Gasteiger partial charge in [-0.05, 0) is 46.3 Å². The number of hydrogen-bond acceptors (Lipinski definition) is 2. The van der Waals surface area contributed by atoms with Gasteiger partial charge in [-0.2, -0.15) is 0 Å². The minimum absolute atomic E-state index is 0.334. The van der Waals surface area contributed by atoms with Gasteiger partial charge in [0.25, 0.3) is 0 Å². The van der Waals surface area contributed by atoms with Crippen molar-refractivity contribution in [1.82, 2.24) is 0 Å². The Hall–Kier alpha value is -1.10. The highest BCUT2D eigenvalue weighted by atomic mass is 79.9. The van der Waals surface area contributed by atoms with E-state index in [4.69, 9.17) is 29.6 Å². The van der Waals surface area contributed by atoms with Crippen LogP contribution in [-0.4, -0.2) is 4.99 Å². The van der Waals surface area contributed by atoms with Crippen LogP contribution in [0.15, 0.2) is 46.9 Å². The average Bonchev–Trinajstić information content (AvgIpc) is 2.32. The number of nitrogens with two attached hydrogens (primary N) is 1. The van der Waals surface area contributed by atoms with E-state index in [0.29, 0.717) is 10.0 Å². The van der Waals surface area contributed by atoms with Gasteiger partial charge < -0.3 is 11.1 Å². The molecule has 0 heterocycles. The van der Waals surface area contributed by atoms with Crippen LogP contribution in [0.4, 0.5) is 11.4 Å². The first-order valence-electron chi connectivity index (χ1n) is 5.19. The molecule has 5 heteroatoms. The standard InChI is InChI=1S/C13H10BrClN2S/c14-10-3-1-2-4-11(10)17-12-7-8(15)5-6-9(12)13(16)18/h1-7,17H,(H2,16,18). The molecule has 0 spiro atoms. The van der Waals surface area contributed by atoms with Crippen molar-refractivity contribution in [2.24, 2.45) is 5.73 Å². The van der Waals surface area contributed by atoms with E-state index in [1.165, 1.54) is 0 Å². The normalized spacial score (nSPS) is 10.1. The van der Waals surface area contributed by atoms with Crippen LogP contribution >= 0.6 is 39.7 Å². The lowest BCUT2D eigenvalue weighted by molar-refractivity contribution is 1.50. The van der Waals surface area contributed by atoms with E-state index in [1.54, 1.807) is 12.1 Å². The number of rotatable bonds is 3. The van der Waals surface area contributed by atoms with Crippen molar-refractivity contribution in [1.29, 1.82) is 0 Å². The highest BCUT2D eigenvalue weighted by molar-refractivity contribution is 9.10. The van der Waals surface area contributed by atoms with Gasteiger partial charge in [0.1, 0.15) is 4.99 Å². The molecular weight excluding hydrogens is 332 g/mol. The van der Waals surface area contributed by atoms with Crippen LogP contribution in [0.5, 0.6) is 0 Å². The van der Waals surface area contributed by atoms with Crippen molar-refractivity contribution in [2.75, 3.05) is 5.32 Å². The molecule has 0 aromatic heterocycles. The summed E-state index contributed by atoms with van der Waals surface area (Å²) < 4.78 is 0.957. The molecule has 0 bridgehead atoms. The number of thiocarbonyl (C=S) groups is 1. The topological polar surface area (TPSA) is 38.0 Å². The van der Waals surface area contributed by atoms with Gasteiger partial charge in [0, 0.05) is 15.1 Å². The van der Waals surface area contributed by atoms with Gasteiger partial charge in [-0.1, -0.05) is 36.0 Å². The summed E-state index contributed by atoms with van der Waals surface area (Å²) >= 11 is 14.5. The maximum Gasteiger partial charge on any atom is 0.106 e. The zero-order valence-corrected chi connectivity index (χ0v) is 12.4. The van der Waals surface area contributed by atoms with Gasteiger partial charge in [0.05, 0.1) is 11.4 Å². The second kappa shape index (κ2) is 5.69. The molecule has 2 aromatic rings. The van der Waals surface area contributed by atoms with Crippen molar-refractivity contribution in [3.05, 3.63) is 57.5 Å². The van der Waals surface area contributed by atoms with E-state index in [9.17, 15) is 0 Å². The fourth-order valence-corrected chi connectivity index (χ4v) is 2.28. The van der Waals surface area contributed by atoms with E-state index in [2.05, 4.69) is 21.2 Å². The summed E-state index contributed by atoms with van der Waals surface area (Å²) in [5.41, 5.74) is 8.18. The Morgan fingerprint density at radius 2 is 1.89 bits per heavy atom. The summed E-state index contributed by atoms with van der Waals surface area (Å²) in [7, 11) is 0. The SMILES string of the molecule is NC(=S)c1ccc(Cl)cc1Nc1ccccc1Br. The second-order valence-electron chi connectivity index (χ2n) is 3.66. The van der Waals surface area contributed by atoms with Gasteiger partial charge in [-0.25, -0.2) is 0 Å². The third kappa shape index (κ3) is 3.02. The van der Waals surface area contributed by atoms with Crippen molar-refractivity contribution in [3.8, 4) is 0 Å². The van der Waals surface area contributed by atoms with E-state index in [1.807, 2.05) is 30.3 Å². The van der Waals surface area contributed by atoms with Crippen molar-refractivity contribution in [2.45, 2.75) is 0 Å². The number of anilines is 2. The summed E-state index contributed by atoms with van der Waals surface area (Å²) in [5.74, 6) is 0. The van der Waals surface area contributed by atoms with Crippen LogP contribution in [-0.2, 0) is 0 Å². The number of hydrogen-bond donors (Lipinski definition) is 2. The smallest absolute Gasteiger partial charge is 0.106 e. The molecule has 0 atom stereocenters. The Balaban J connectivity index is 2.42. The summed E-state index contributed by atoms with van der Waals surface area (Å²) in [6.07, 6.45) is 0. The maximum absolute atomic E-state index is 5.99. The Bertz CT molecular complexity index is 601. The molecule has 0 unspecified atom stereocenters. The van der Waals surface area contributed by atoms with E-state index in [-0.39, 0.29) is 0 Å². The molecule has 18 heavy (non-hydrogen) atoms. The molecular formula is C13H10BrClN2S. The molecule has 3 N–H and O–H groups in total. The Morgan fingerprint density at radius 1 is 1.17 bits per heavy atom. The van der Waals surface area contributed by atoms with E-state index >= 15 is 0 Å². The van der Waals surface area contributed by atoms with Gasteiger partial charge in [-0.15, -0.1) is 0 Å². The monoisotopic (exact) mass is 340 g/mol. The average molecular weight is 342 g/mol. The second-order valence-corrected chi connectivity index (χ2v) is 5.39. The minimum Gasteiger partial charge on any atom is -0.389 e.